The van der Waals surface area contributed by atoms with E-state index in [1.165, 1.54) is 19.3 Å². The van der Waals surface area contributed by atoms with Crippen molar-refractivity contribution in [3.05, 3.63) is 59.0 Å². The summed E-state index contributed by atoms with van der Waals surface area (Å²) < 4.78 is 1.85. The zero-order valence-corrected chi connectivity index (χ0v) is 22.5. The number of aromatic nitrogens is 2. The third kappa shape index (κ3) is 4.98. The van der Waals surface area contributed by atoms with E-state index in [-0.39, 0.29) is 11.4 Å². The largest absolute Gasteiger partial charge is 0.350 e. The van der Waals surface area contributed by atoms with Crippen LogP contribution in [0.1, 0.15) is 62.0 Å². The third-order valence-electron chi connectivity index (χ3n) is 8.25. The second-order valence-electron chi connectivity index (χ2n) is 10.6. The summed E-state index contributed by atoms with van der Waals surface area (Å²) in [4.78, 5) is 23.1. The summed E-state index contributed by atoms with van der Waals surface area (Å²) in [7, 11) is 0. The number of amides is 1. The molecule has 0 bridgehead atoms. The highest BCUT2D eigenvalue weighted by molar-refractivity contribution is 6.37. The van der Waals surface area contributed by atoms with Crippen molar-refractivity contribution < 1.29 is 4.79 Å². The van der Waals surface area contributed by atoms with Crippen molar-refractivity contribution in [2.24, 2.45) is 0 Å². The fourth-order valence-corrected chi connectivity index (χ4v) is 6.43. The minimum absolute atomic E-state index is 0.00350. The smallest absolute Gasteiger partial charge is 0.253 e. The first-order valence-corrected chi connectivity index (χ1v) is 13.7. The second kappa shape index (κ2) is 10.8. The van der Waals surface area contributed by atoms with Crippen molar-refractivity contribution in [1.82, 2.24) is 24.7 Å². The molecule has 1 aliphatic heterocycles. The van der Waals surface area contributed by atoms with Gasteiger partial charge in [-0.25, -0.2) is 4.98 Å². The maximum Gasteiger partial charge on any atom is 0.253 e. The van der Waals surface area contributed by atoms with Crippen LogP contribution in [0.15, 0.2) is 42.7 Å². The lowest BCUT2D eigenvalue weighted by Crippen LogP contribution is -2.62. The molecule has 37 heavy (non-hydrogen) atoms. The summed E-state index contributed by atoms with van der Waals surface area (Å²) in [6.45, 7) is 9.37. The molecule has 1 saturated carbocycles. The Balaban J connectivity index is 1.43. The minimum Gasteiger partial charge on any atom is -0.350 e. The Hall–Kier alpha value is -2.92. The van der Waals surface area contributed by atoms with Gasteiger partial charge in [-0.1, -0.05) is 36.9 Å². The first kappa shape index (κ1) is 25.7. The molecule has 194 valence electrons. The van der Waals surface area contributed by atoms with Crippen LogP contribution in [0, 0.1) is 11.3 Å². The zero-order chi connectivity index (χ0) is 26.0. The van der Waals surface area contributed by atoms with Crippen LogP contribution >= 0.6 is 11.6 Å². The molecule has 2 aliphatic rings. The average Bonchev–Trinajstić information content (AvgIpc) is 3.33. The topological polar surface area (TPSA) is 77.2 Å². The van der Waals surface area contributed by atoms with Gasteiger partial charge >= 0.3 is 0 Å². The number of carbonyl (C=O) groups excluding carboxylic acids is 1. The predicted molar refractivity (Wildman–Crippen MR) is 147 cm³/mol. The lowest BCUT2D eigenvalue weighted by molar-refractivity contribution is 0.000839. The molecule has 2 fully saturated rings. The summed E-state index contributed by atoms with van der Waals surface area (Å²) in [5, 5.41) is 14.1. The van der Waals surface area contributed by atoms with Crippen LogP contribution in [0.4, 0.5) is 0 Å². The normalized spacial score (nSPS) is 18.7. The van der Waals surface area contributed by atoms with Crippen LogP contribution in [0.3, 0.4) is 0 Å². The summed E-state index contributed by atoms with van der Waals surface area (Å²) in [5.41, 5.74) is 2.22. The van der Waals surface area contributed by atoms with Gasteiger partial charge in [0.2, 0.25) is 0 Å². The van der Waals surface area contributed by atoms with E-state index in [9.17, 15) is 10.1 Å². The molecule has 1 amide bonds. The number of halogens is 1. The fraction of sp³-hybridized carbons (Fsp3) is 0.483. The minimum atomic E-state index is -0.134. The highest BCUT2D eigenvalue weighted by Gasteiger charge is 2.40. The van der Waals surface area contributed by atoms with E-state index in [1.54, 1.807) is 24.5 Å². The predicted octanol–water partition coefficient (Wildman–Crippen LogP) is 5.01. The van der Waals surface area contributed by atoms with Gasteiger partial charge < -0.3 is 9.88 Å². The summed E-state index contributed by atoms with van der Waals surface area (Å²) in [5.74, 6) is -0.134. The lowest BCUT2D eigenvalue weighted by atomic mass is 9.79. The Morgan fingerprint density at radius 1 is 1.14 bits per heavy atom. The monoisotopic (exact) mass is 518 g/mol. The van der Waals surface area contributed by atoms with Crippen LogP contribution in [0.5, 0.6) is 0 Å². The van der Waals surface area contributed by atoms with Gasteiger partial charge in [-0.05, 0) is 51.0 Å². The van der Waals surface area contributed by atoms with E-state index in [2.05, 4.69) is 40.0 Å². The number of hydrogen-bond acceptors (Lipinski definition) is 5. The Morgan fingerprint density at radius 3 is 2.59 bits per heavy atom. The molecule has 0 radical (unpaired) electrons. The maximum atomic E-state index is 13.7. The number of piperazine rings is 1. The van der Waals surface area contributed by atoms with Gasteiger partial charge in [-0.15, -0.1) is 0 Å². The Labute approximate surface area is 224 Å². The number of fused-ring (bicyclic) bond motifs is 1. The standard InChI is InChI=1S/C29H35ClN6O/c1-21(2)34-14-16-35(17-15-34)29(11-4-3-5-12-29)20-33-28(37)22-19-36(25-10-7-13-32-24(25)18-31)26-9-6-8-23(30)27(22)26/h6-10,13,19,21H,3-5,11-12,14-17,20H2,1-2H3,(H,33,37). The number of benzene rings is 1. The fourth-order valence-electron chi connectivity index (χ4n) is 6.16. The molecule has 1 aromatic carbocycles. The number of nitrogens with one attached hydrogen (secondary N) is 1. The third-order valence-corrected chi connectivity index (χ3v) is 8.57. The molecule has 1 saturated heterocycles. The van der Waals surface area contributed by atoms with E-state index < -0.39 is 0 Å². The van der Waals surface area contributed by atoms with Gasteiger partial charge in [0.05, 0.1) is 21.8 Å². The van der Waals surface area contributed by atoms with E-state index in [0.717, 1.165) is 44.5 Å². The molecule has 0 spiro atoms. The van der Waals surface area contributed by atoms with Gasteiger partial charge in [0.25, 0.3) is 5.91 Å². The van der Waals surface area contributed by atoms with Gasteiger partial charge in [0.1, 0.15) is 6.07 Å². The van der Waals surface area contributed by atoms with Crippen molar-refractivity contribution >= 4 is 28.4 Å². The van der Waals surface area contributed by atoms with Crippen LogP contribution in [0.2, 0.25) is 5.02 Å². The summed E-state index contributed by atoms with van der Waals surface area (Å²) in [6.07, 6.45) is 9.26. The lowest BCUT2D eigenvalue weighted by Gasteiger charge is -2.50. The maximum absolute atomic E-state index is 13.7. The van der Waals surface area contributed by atoms with Gasteiger partial charge in [-0.3, -0.25) is 14.6 Å². The van der Waals surface area contributed by atoms with Gasteiger partial charge in [0, 0.05) is 62.1 Å². The number of pyridine rings is 1. The molecular formula is C29H35ClN6O. The van der Waals surface area contributed by atoms with E-state index in [4.69, 9.17) is 11.6 Å². The van der Waals surface area contributed by atoms with Crippen LogP contribution < -0.4 is 5.32 Å². The van der Waals surface area contributed by atoms with Crippen molar-refractivity contribution in [3.8, 4) is 11.8 Å². The Morgan fingerprint density at radius 2 is 1.89 bits per heavy atom. The number of hydrogen-bond donors (Lipinski definition) is 1. The molecular weight excluding hydrogens is 484 g/mol. The Bertz CT molecular complexity index is 1310. The number of rotatable bonds is 6. The second-order valence-corrected chi connectivity index (χ2v) is 11.0. The summed E-state index contributed by atoms with van der Waals surface area (Å²) >= 11 is 6.63. The summed E-state index contributed by atoms with van der Waals surface area (Å²) in [6, 6.07) is 11.9. The van der Waals surface area contributed by atoms with Crippen LogP contribution in [-0.4, -0.2) is 69.6 Å². The highest BCUT2D eigenvalue weighted by atomic mass is 35.5. The van der Waals surface area contributed by atoms with Crippen molar-refractivity contribution in [2.75, 3.05) is 32.7 Å². The number of carbonyl (C=O) groups is 1. The first-order chi connectivity index (χ1) is 17.9. The molecule has 7 nitrogen and oxygen atoms in total. The van der Waals surface area contributed by atoms with Gasteiger partial charge in [-0.2, -0.15) is 5.26 Å². The van der Waals surface area contributed by atoms with Crippen LogP contribution in [0.25, 0.3) is 16.6 Å². The molecule has 3 heterocycles. The van der Waals surface area contributed by atoms with E-state index in [1.807, 2.05) is 22.8 Å². The molecule has 2 aromatic heterocycles. The molecule has 1 aliphatic carbocycles. The average molecular weight is 519 g/mol. The molecule has 1 N–H and O–H groups in total. The van der Waals surface area contributed by atoms with E-state index >= 15 is 0 Å². The molecule has 0 atom stereocenters. The molecule has 8 heteroatoms. The number of nitrogens with zero attached hydrogens (tertiary/aromatic N) is 5. The molecule has 0 unspecified atom stereocenters. The highest BCUT2D eigenvalue weighted by Crippen LogP contribution is 2.35. The number of nitriles is 1. The SMILES string of the molecule is CC(C)N1CCN(C2(CNC(=O)c3cn(-c4cccnc4C#N)c4cccc(Cl)c34)CCCCC2)CC1. The van der Waals surface area contributed by atoms with Gasteiger partial charge in [0.15, 0.2) is 5.69 Å². The molecule has 5 rings (SSSR count). The van der Waals surface area contributed by atoms with Crippen LogP contribution in [-0.2, 0) is 0 Å². The first-order valence-electron chi connectivity index (χ1n) is 13.4. The van der Waals surface area contributed by atoms with E-state index in [0.29, 0.717) is 39.9 Å². The van der Waals surface area contributed by atoms with Crippen molar-refractivity contribution in [1.29, 1.82) is 5.26 Å². The van der Waals surface area contributed by atoms with Crippen molar-refractivity contribution in [3.63, 3.8) is 0 Å². The molecule has 3 aromatic rings. The van der Waals surface area contributed by atoms with Crippen molar-refractivity contribution in [2.45, 2.75) is 57.5 Å². The Kier molecular flexibility index (Phi) is 7.52. The quantitative estimate of drug-likeness (QED) is 0.496. The zero-order valence-electron chi connectivity index (χ0n) is 21.7.